The van der Waals surface area contributed by atoms with E-state index < -0.39 is 0 Å². The van der Waals surface area contributed by atoms with Crippen molar-refractivity contribution in [2.45, 2.75) is 43.2 Å². The summed E-state index contributed by atoms with van der Waals surface area (Å²) in [5, 5.41) is 0.947. The highest BCUT2D eigenvalue weighted by Gasteiger charge is 2.68. The molecular formula is C21H23BrN2O. The fraction of sp³-hybridized carbons (Fsp3) is 0.571. The van der Waals surface area contributed by atoms with Crippen molar-refractivity contribution < 1.29 is 4.79 Å². The van der Waals surface area contributed by atoms with Crippen molar-refractivity contribution in [3.05, 3.63) is 41.5 Å². The van der Waals surface area contributed by atoms with Crippen LogP contribution in [-0.2, 0) is 10.2 Å². The number of anilines is 1. The van der Waals surface area contributed by atoms with Crippen molar-refractivity contribution in [2.75, 3.05) is 23.3 Å². The summed E-state index contributed by atoms with van der Waals surface area (Å²) < 4.78 is 0. The van der Waals surface area contributed by atoms with Crippen molar-refractivity contribution >= 4 is 27.5 Å². The highest BCUT2D eigenvalue weighted by molar-refractivity contribution is 9.09. The molecule has 4 fully saturated rings. The van der Waals surface area contributed by atoms with Crippen LogP contribution in [0.4, 0.5) is 5.69 Å². The predicted molar refractivity (Wildman–Crippen MR) is 102 cm³/mol. The second kappa shape index (κ2) is 4.98. The van der Waals surface area contributed by atoms with Crippen molar-refractivity contribution in [1.82, 2.24) is 4.90 Å². The van der Waals surface area contributed by atoms with E-state index >= 15 is 0 Å². The molecule has 1 amide bonds. The van der Waals surface area contributed by atoms with E-state index in [-0.39, 0.29) is 5.41 Å². The van der Waals surface area contributed by atoms with Crippen molar-refractivity contribution in [1.29, 1.82) is 0 Å². The average molecular weight is 399 g/mol. The summed E-state index contributed by atoms with van der Waals surface area (Å²) in [7, 11) is 0. The molecule has 1 aliphatic carbocycles. The third kappa shape index (κ3) is 1.64. The van der Waals surface area contributed by atoms with Gasteiger partial charge in [-0.3, -0.25) is 9.69 Å². The van der Waals surface area contributed by atoms with E-state index in [2.05, 4.69) is 56.1 Å². The molecular weight excluding hydrogens is 376 g/mol. The molecule has 0 aromatic heterocycles. The van der Waals surface area contributed by atoms with Crippen LogP contribution in [0.15, 0.2) is 35.9 Å². The van der Waals surface area contributed by atoms with Crippen LogP contribution in [0.1, 0.15) is 31.2 Å². The minimum Gasteiger partial charge on any atom is -0.308 e. The van der Waals surface area contributed by atoms with Crippen LogP contribution in [0, 0.1) is 11.8 Å². The van der Waals surface area contributed by atoms with Crippen LogP contribution in [0.5, 0.6) is 0 Å². The number of piperidine rings is 2. The van der Waals surface area contributed by atoms with Gasteiger partial charge in [-0.05, 0) is 49.3 Å². The van der Waals surface area contributed by atoms with Gasteiger partial charge in [-0.1, -0.05) is 45.8 Å². The monoisotopic (exact) mass is 398 g/mol. The summed E-state index contributed by atoms with van der Waals surface area (Å²) in [5.41, 5.74) is 4.51. The molecule has 3 nitrogen and oxygen atoms in total. The van der Waals surface area contributed by atoms with E-state index in [0.717, 1.165) is 24.7 Å². The Labute approximate surface area is 157 Å². The molecule has 1 spiro atoms. The van der Waals surface area contributed by atoms with E-state index in [9.17, 15) is 4.79 Å². The summed E-state index contributed by atoms with van der Waals surface area (Å²) in [4.78, 5) is 17.9. The molecule has 2 bridgehead atoms. The number of amides is 1. The Morgan fingerprint density at radius 1 is 1.32 bits per heavy atom. The van der Waals surface area contributed by atoms with Gasteiger partial charge in [0, 0.05) is 35.4 Å². The van der Waals surface area contributed by atoms with Crippen LogP contribution in [0.2, 0.25) is 0 Å². The Kier molecular flexibility index (Phi) is 2.98. The van der Waals surface area contributed by atoms with Crippen LogP contribution < -0.4 is 4.90 Å². The second-order valence-corrected chi connectivity index (χ2v) is 9.13. The molecule has 1 saturated carbocycles. The third-order valence-electron chi connectivity index (χ3n) is 7.88. The number of halogens is 1. The number of para-hydroxylation sites is 1. The Hall–Kier alpha value is -1.13. The molecule has 0 N–H and O–H groups in total. The first-order valence-corrected chi connectivity index (χ1v) is 10.8. The number of benzene rings is 1. The number of allylic oxidation sites excluding steroid dienone is 1. The van der Waals surface area contributed by atoms with Crippen molar-refractivity contribution in [2.24, 2.45) is 11.8 Å². The number of fused-ring (bicyclic) bond motifs is 4. The van der Waals surface area contributed by atoms with Gasteiger partial charge in [0.05, 0.1) is 6.04 Å². The SMILES string of the molecule is O=C1CCC2C3CC4N(CCC45c4ccccc4N1C25)CC3=CCBr. The fourth-order valence-corrected chi connectivity index (χ4v) is 7.58. The van der Waals surface area contributed by atoms with Gasteiger partial charge in [0.2, 0.25) is 5.91 Å². The van der Waals surface area contributed by atoms with E-state index in [1.165, 1.54) is 30.6 Å². The Morgan fingerprint density at radius 3 is 3.08 bits per heavy atom. The number of alkyl halides is 1. The topological polar surface area (TPSA) is 23.6 Å². The summed E-state index contributed by atoms with van der Waals surface area (Å²) in [6, 6.07) is 9.82. The Morgan fingerprint density at radius 2 is 2.20 bits per heavy atom. The predicted octanol–water partition coefficient (Wildman–Crippen LogP) is 3.48. The number of rotatable bonds is 1. The molecule has 3 saturated heterocycles. The highest BCUT2D eigenvalue weighted by Crippen LogP contribution is 2.64. The van der Waals surface area contributed by atoms with E-state index in [1.54, 1.807) is 5.57 Å². The van der Waals surface area contributed by atoms with E-state index in [1.807, 2.05) is 0 Å². The lowest BCUT2D eigenvalue weighted by Crippen LogP contribution is -2.66. The van der Waals surface area contributed by atoms with Gasteiger partial charge in [-0.15, -0.1) is 0 Å². The first kappa shape index (κ1) is 15.0. The average Bonchev–Trinajstić information content (AvgIpc) is 3.17. The zero-order chi connectivity index (χ0) is 16.8. The van der Waals surface area contributed by atoms with E-state index in [0.29, 0.717) is 29.8 Å². The van der Waals surface area contributed by atoms with Gasteiger partial charge in [-0.2, -0.15) is 0 Å². The van der Waals surface area contributed by atoms with Gasteiger partial charge in [-0.25, -0.2) is 0 Å². The minimum absolute atomic E-state index is 0.188. The summed E-state index contributed by atoms with van der Waals surface area (Å²) in [6.07, 6.45) is 6.71. The molecule has 5 atom stereocenters. The zero-order valence-corrected chi connectivity index (χ0v) is 15.9. The summed E-state index contributed by atoms with van der Waals surface area (Å²) >= 11 is 3.62. The number of nitrogens with zero attached hydrogens (tertiary/aromatic N) is 2. The van der Waals surface area contributed by atoms with E-state index in [4.69, 9.17) is 0 Å². The van der Waals surface area contributed by atoms with Gasteiger partial charge in [0.15, 0.2) is 0 Å². The van der Waals surface area contributed by atoms with Crippen LogP contribution in [0.3, 0.4) is 0 Å². The van der Waals surface area contributed by atoms with Crippen LogP contribution >= 0.6 is 15.9 Å². The minimum atomic E-state index is 0.188. The molecule has 6 rings (SSSR count). The lowest BCUT2D eigenvalue weighted by Gasteiger charge is -2.57. The Bertz CT molecular complexity index is 805. The fourth-order valence-electron chi connectivity index (χ4n) is 7.16. The maximum absolute atomic E-state index is 13.0. The number of hydrogen-bond donors (Lipinski definition) is 0. The number of carbonyl (C=O) groups excluding carboxylic acids is 1. The molecule has 4 aliphatic heterocycles. The van der Waals surface area contributed by atoms with Crippen molar-refractivity contribution in [3.63, 3.8) is 0 Å². The number of hydrogen-bond acceptors (Lipinski definition) is 2. The van der Waals surface area contributed by atoms with Crippen LogP contribution in [-0.4, -0.2) is 41.3 Å². The number of carbonyl (C=O) groups is 1. The molecule has 4 heterocycles. The lowest BCUT2D eigenvalue weighted by atomic mass is 9.54. The Balaban J connectivity index is 1.60. The first-order chi connectivity index (χ1) is 12.3. The van der Waals surface area contributed by atoms with Gasteiger partial charge >= 0.3 is 0 Å². The summed E-state index contributed by atoms with van der Waals surface area (Å²) in [5.74, 6) is 1.65. The largest absolute Gasteiger partial charge is 0.308 e. The standard InChI is InChI=1S/C21H23BrN2O/c22-9-7-13-12-23-10-8-21-16-3-1-2-4-17(16)24-19(25)6-5-14(20(21)24)15(13)11-18(21)23/h1-4,7,14-15,18,20H,5-6,8-12H2. The van der Waals surface area contributed by atoms with Gasteiger partial charge < -0.3 is 4.90 Å². The molecule has 1 aromatic carbocycles. The first-order valence-electron chi connectivity index (χ1n) is 9.66. The molecule has 0 radical (unpaired) electrons. The maximum atomic E-state index is 13.0. The molecule has 5 unspecified atom stereocenters. The molecule has 4 heteroatoms. The molecule has 25 heavy (non-hydrogen) atoms. The van der Waals surface area contributed by atoms with Gasteiger partial charge in [0.25, 0.3) is 0 Å². The maximum Gasteiger partial charge on any atom is 0.227 e. The smallest absolute Gasteiger partial charge is 0.227 e. The highest BCUT2D eigenvalue weighted by atomic mass is 79.9. The van der Waals surface area contributed by atoms with Crippen LogP contribution in [0.25, 0.3) is 0 Å². The molecule has 1 aromatic rings. The second-order valence-electron chi connectivity index (χ2n) is 8.48. The van der Waals surface area contributed by atoms with Crippen molar-refractivity contribution in [3.8, 4) is 0 Å². The normalized spacial score (nSPS) is 42.7. The third-order valence-corrected chi connectivity index (χ3v) is 8.20. The quantitative estimate of drug-likeness (QED) is 0.533. The van der Waals surface area contributed by atoms with Gasteiger partial charge in [0.1, 0.15) is 0 Å². The lowest BCUT2D eigenvalue weighted by molar-refractivity contribution is -0.123. The zero-order valence-electron chi connectivity index (χ0n) is 14.3. The molecule has 130 valence electrons. The molecule has 5 aliphatic rings. The summed E-state index contributed by atoms with van der Waals surface area (Å²) in [6.45, 7) is 2.32.